The third-order valence-electron chi connectivity index (χ3n) is 2.24. The molecule has 0 fully saturated rings. The molecule has 2 aromatic rings. The molecule has 2 rings (SSSR count). The summed E-state index contributed by atoms with van der Waals surface area (Å²) >= 11 is 12.8. The van der Waals surface area contributed by atoms with Crippen molar-refractivity contribution in [2.24, 2.45) is 0 Å². The molecule has 0 unspecified atom stereocenters. The van der Waals surface area contributed by atoms with E-state index in [0.717, 1.165) is 11.3 Å². The Hall–Kier alpha value is -1.10. The van der Waals surface area contributed by atoms with Crippen LogP contribution in [0.3, 0.4) is 0 Å². The molecule has 0 atom stereocenters. The normalized spacial score (nSPS) is 10.6. The molecule has 0 aliphatic heterocycles. The van der Waals surface area contributed by atoms with Crippen molar-refractivity contribution in [2.45, 2.75) is 0 Å². The summed E-state index contributed by atoms with van der Waals surface area (Å²) in [6.07, 6.45) is 0. The van der Waals surface area contributed by atoms with E-state index >= 15 is 0 Å². The number of halogens is 3. The van der Waals surface area contributed by atoms with Gasteiger partial charge in [0, 0.05) is 15.1 Å². The van der Waals surface area contributed by atoms with E-state index in [2.05, 4.69) is 11.9 Å². The van der Waals surface area contributed by atoms with Crippen LogP contribution in [-0.4, -0.2) is 12.5 Å². The average Bonchev–Trinajstić information content (AvgIpc) is 2.63. The first-order valence-corrected chi connectivity index (χ1v) is 6.55. The van der Waals surface area contributed by atoms with Gasteiger partial charge in [0.15, 0.2) is 0 Å². The Morgan fingerprint density at radius 3 is 2.89 bits per heavy atom. The average molecular weight is 304 g/mol. The molecule has 0 aliphatic rings. The number of carbonyl (C=O) groups is 1. The van der Waals surface area contributed by atoms with Crippen LogP contribution in [0.2, 0.25) is 5.02 Å². The zero-order valence-electron chi connectivity index (χ0n) is 9.10. The number of hydrogen-bond acceptors (Lipinski definition) is 2. The Morgan fingerprint density at radius 1 is 1.50 bits per heavy atom. The second-order valence-electron chi connectivity index (χ2n) is 3.59. The number of thiophene rings is 1. The van der Waals surface area contributed by atoms with Crippen molar-refractivity contribution in [3.8, 4) is 0 Å². The SMILES string of the molecule is C=C(Cl)CNC(=O)c1sc2cc(F)ccc2c1Cl. The third kappa shape index (κ3) is 2.66. The maximum Gasteiger partial charge on any atom is 0.263 e. The molecular formula is C12H8Cl2FNOS. The van der Waals surface area contributed by atoms with Gasteiger partial charge in [-0.3, -0.25) is 4.79 Å². The number of hydrogen-bond donors (Lipinski definition) is 1. The van der Waals surface area contributed by atoms with Crippen LogP contribution in [0.4, 0.5) is 4.39 Å². The molecule has 0 bridgehead atoms. The number of fused-ring (bicyclic) bond motifs is 1. The Labute approximate surface area is 117 Å². The van der Waals surface area contributed by atoms with Gasteiger partial charge in [-0.05, 0) is 18.2 Å². The van der Waals surface area contributed by atoms with Crippen LogP contribution in [-0.2, 0) is 0 Å². The molecule has 1 N–H and O–H groups in total. The van der Waals surface area contributed by atoms with E-state index in [4.69, 9.17) is 23.2 Å². The fraction of sp³-hybridized carbons (Fsp3) is 0.0833. The lowest BCUT2D eigenvalue weighted by Gasteiger charge is -2.01. The Bertz CT molecular complexity index is 638. The molecular weight excluding hydrogens is 296 g/mol. The van der Waals surface area contributed by atoms with E-state index < -0.39 is 0 Å². The van der Waals surface area contributed by atoms with Crippen LogP contribution in [0.15, 0.2) is 29.8 Å². The van der Waals surface area contributed by atoms with Gasteiger partial charge in [-0.1, -0.05) is 29.8 Å². The molecule has 6 heteroatoms. The molecule has 1 aromatic carbocycles. The van der Waals surface area contributed by atoms with Crippen molar-refractivity contribution >= 4 is 50.5 Å². The molecule has 0 spiro atoms. The van der Waals surface area contributed by atoms with Crippen molar-refractivity contribution in [2.75, 3.05) is 6.54 Å². The molecule has 18 heavy (non-hydrogen) atoms. The molecule has 0 saturated heterocycles. The smallest absolute Gasteiger partial charge is 0.263 e. The van der Waals surface area contributed by atoms with E-state index in [-0.39, 0.29) is 18.3 Å². The van der Waals surface area contributed by atoms with Gasteiger partial charge in [0.05, 0.1) is 11.6 Å². The highest BCUT2D eigenvalue weighted by Crippen LogP contribution is 2.35. The molecule has 1 heterocycles. The van der Waals surface area contributed by atoms with Crippen LogP contribution in [0.25, 0.3) is 10.1 Å². The minimum atomic E-state index is -0.360. The third-order valence-corrected chi connectivity index (χ3v) is 4.03. The topological polar surface area (TPSA) is 29.1 Å². The molecule has 0 aliphatic carbocycles. The van der Waals surface area contributed by atoms with E-state index in [0.29, 0.717) is 25.0 Å². The van der Waals surface area contributed by atoms with Crippen molar-refractivity contribution in [1.82, 2.24) is 5.32 Å². The maximum absolute atomic E-state index is 13.1. The molecule has 94 valence electrons. The molecule has 1 aromatic heterocycles. The summed E-state index contributed by atoms with van der Waals surface area (Å²) in [5, 5.41) is 3.89. The van der Waals surface area contributed by atoms with Crippen molar-refractivity contribution in [3.05, 3.63) is 45.5 Å². The molecule has 0 radical (unpaired) electrons. The van der Waals surface area contributed by atoms with Crippen LogP contribution in [0.1, 0.15) is 9.67 Å². The maximum atomic E-state index is 13.1. The van der Waals surface area contributed by atoms with E-state index in [1.165, 1.54) is 12.1 Å². The lowest BCUT2D eigenvalue weighted by molar-refractivity contribution is 0.0962. The van der Waals surface area contributed by atoms with Crippen LogP contribution in [0.5, 0.6) is 0 Å². The summed E-state index contributed by atoms with van der Waals surface area (Å²) in [5.41, 5.74) is 0. The predicted octanol–water partition coefficient (Wildman–Crippen LogP) is 4.18. The quantitative estimate of drug-likeness (QED) is 0.905. The first-order chi connectivity index (χ1) is 8.49. The summed E-state index contributed by atoms with van der Waals surface area (Å²) in [7, 11) is 0. The number of benzene rings is 1. The van der Waals surface area contributed by atoms with Crippen LogP contribution < -0.4 is 5.32 Å². The van der Waals surface area contributed by atoms with Gasteiger partial charge in [0.1, 0.15) is 10.7 Å². The molecule has 1 amide bonds. The fourth-order valence-electron chi connectivity index (χ4n) is 1.44. The van der Waals surface area contributed by atoms with Gasteiger partial charge in [-0.15, -0.1) is 11.3 Å². The van der Waals surface area contributed by atoms with Gasteiger partial charge in [-0.2, -0.15) is 0 Å². The van der Waals surface area contributed by atoms with Gasteiger partial charge in [0.25, 0.3) is 5.91 Å². The summed E-state index contributed by atoms with van der Waals surface area (Å²) in [6, 6.07) is 4.22. The summed E-state index contributed by atoms with van der Waals surface area (Å²) in [4.78, 5) is 12.2. The highest BCUT2D eigenvalue weighted by Gasteiger charge is 2.17. The Morgan fingerprint density at radius 2 is 2.22 bits per heavy atom. The molecule has 2 nitrogen and oxygen atoms in total. The van der Waals surface area contributed by atoms with Crippen molar-refractivity contribution in [3.63, 3.8) is 0 Å². The second-order valence-corrected chi connectivity index (χ2v) is 5.55. The minimum absolute atomic E-state index is 0.166. The minimum Gasteiger partial charge on any atom is -0.346 e. The highest BCUT2D eigenvalue weighted by molar-refractivity contribution is 7.21. The van der Waals surface area contributed by atoms with Gasteiger partial charge in [0.2, 0.25) is 0 Å². The zero-order chi connectivity index (χ0) is 13.3. The van der Waals surface area contributed by atoms with Gasteiger partial charge < -0.3 is 5.32 Å². The van der Waals surface area contributed by atoms with Crippen LogP contribution in [0, 0.1) is 5.82 Å². The number of carbonyl (C=O) groups excluding carboxylic acids is 1. The first kappa shape index (κ1) is 13.3. The standard InChI is InChI=1S/C12H8Cl2FNOS/c1-6(13)5-16-12(17)11-10(14)8-3-2-7(15)4-9(8)18-11/h2-4H,1,5H2,(H,16,17). The van der Waals surface area contributed by atoms with E-state index in [1.807, 2.05) is 0 Å². The summed E-state index contributed by atoms with van der Waals surface area (Å²) in [5.74, 6) is -0.704. The van der Waals surface area contributed by atoms with Crippen molar-refractivity contribution < 1.29 is 9.18 Å². The van der Waals surface area contributed by atoms with Gasteiger partial charge in [-0.25, -0.2) is 4.39 Å². The summed E-state index contributed by atoms with van der Waals surface area (Å²) < 4.78 is 13.7. The number of nitrogens with one attached hydrogen (secondary N) is 1. The lowest BCUT2D eigenvalue weighted by Crippen LogP contribution is -2.23. The first-order valence-electron chi connectivity index (χ1n) is 4.98. The van der Waals surface area contributed by atoms with Crippen molar-refractivity contribution in [1.29, 1.82) is 0 Å². The largest absolute Gasteiger partial charge is 0.346 e. The zero-order valence-corrected chi connectivity index (χ0v) is 11.4. The predicted molar refractivity (Wildman–Crippen MR) is 74.1 cm³/mol. The van der Waals surface area contributed by atoms with E-state index in [9.17, 15) is 9.18 Å². The Balaban J connectivity index is 2.36. The highest BCUT2D eigenvalue weighted by atomic mass is 35.5. The second kappa shape index (κ2) is 5.26. The van der Waals surface area contributed by atoms with E-state index in [1.54, 1.807) is 6.07 Å². The monoisotopic (exact) mass is 303 g/mol. The number of amides is 1. The van der Waals surface area contributed by atoms with Crippen LogP contribution >= 0.6 is 34.5 Å². The van der Waals surface area contributed by atoms with Gasteiger partial charge >= 0.3 is 0 Å². The number of rotatable bonds is 3. The lowest BCUT2D eigenvalue weighted by atomic mass is 10.2. The summed E-state index contributed by atoms with van der Waals surface area (Å²) in [6.45, 7) is 3.64. The fourth-order valence-corrected chi connectivity index (χ4v) is 2.97. The molecule has 0 saturated carbocycles. The Kier molecular flexibility index (Phi) is 3.90.